The molecule has 1 saturated heterocycles. The monoisotopic (exact) mass is 490 g/mol. The standard InChI is InChI=1S/C21H23ClN6O4S/c22-18-10-9-16(13-19(18)33(30,31)27-11-5-2-6-12-27)23-21(29)14-28-25-20(24-26-28)15-32-17-7-3-1-4-8-17/h1,3-4,7-10,13H,2,5-6,11-12,14-15H2,(H,23,29). The Hall–Kier alpha value is -3.02. The van der Waals surface area contributed by atoms with Gasteiger partial charge in [-0.15, -0.1) is 10.2 Å². The number of ether oxygens (including phenoxy) is 1. The molecule has 0 saturated carbocycles. The SMILES string of the molecule is O=C(Cn1nnc(COc2ccccc2)n1)Nc1ccc(Cl)c(S(=O)(=O)N2CCCCC2)c1. The number of hydrogen-bond acceptors (Lipinski definition) is 7. The van der Waals surface area contributed by atoms with E-state index in [9.17, 15) is 13.2 Å². The summed E-state index contributed by atoms with van der Waals surface area (Å²) in [5.74, 6) is 0.560. The van der Waals surface area contributed by atoms with Crippen LogP contribution in [-0.2, 0) is 28.0 Å². The highest BCUT2D eigenvalue weighted by atomic mass is 35.5. The first-order valence-corrected chi connectivity index (χ1v) is 12.3. The lowest BCUT2D eigenvalue weighted by molar-refractivity contribution is -0.117. The Morgan fingerprint density at radius 2 is 1.85 bits per heavy atom. The zero-order valence-corrected chi connectivity index (χ0v) is 19.3. The van der Waals surface area contributed by atoms with E-state index in [4.69, 9.17) is 16.3 Å². The van der Waals surface area contributed by atoms with Crippen LogP contribution < -0.4 is 10.1 Å². The maximum absolute atomic E-state index is 13.0. The van der Waals surface area contributed by atoms with Gasteiger partial charge < -0.3 is 10.1 Å². The third-order valence-electron chi connectivity index (χ3n) is 5.04. The molecule has 0 aliphatic carbocycles. The average Bonchev–Trinajstić information content (AvgIpc) is 3.27. The van der Waals surface area contributed by atoms with Gasteiger partial charge in [0.25, 0.3) is 0 Å². The van der Waals surface area contributed by atoms with E-state index in [1.54, 1.807) is 6.07 Å². The smallest absolute Gasteiger partial charge is 0.248 e. The first kappa shape index (κ1) is 23.1. The molecule has 1 aliphatic rings. The molecule has 2 aromatic carbocycles. The fourth-order valence-corrected chi connectivity index (χ4v) is 5.44. The maximum atomic E-state index is 13.0. The number of rotatable bonds is 8. The lowest BCUT2D eigenvalue weighted by Gasteiger charge is -2.26. The van der Waals surface area contributed by atoms with Crippen LogP contribution in [0.1, 0.15) is 25.1 Å². The second-order valence-corrected chi connectivity index (χ2v) is 9.81. The van der Waals surface area contributed by atoms with Crippen LogP contribution >= 0.6 is 11.6 Å². The minimum atomic E-state index is -3.74. The summed E-state index contributed by atoms with van der Waals surface area (Å²) in [6.45, 7) is 0.836. The van der Waals surface area contributed by atoms with Crippen LogP contribution in [0, 0.1) is 0 Å². The lowest BCUT2D eigenvalue weighted by Crippen LogP contribution is -2.35. The molecule has 1 N–H and O–H groups in total. The molecule has 174 valence electrons. The molecule has 1 fully saturated rings. The van der Waals surface area contributed by atoms with Crippen molar-refractivity contribution in [1.82, 2.24) is 24.5 Å². The Morgan fingerprint density at radius 3 is 2.61 bits per heavy atom. The van der Waals surface area contributed by atoms with Crippen molar-refractivity contribution < 1.29 is 17.9 Å². The van der Waals surface area contributed by atoms with Crippen molar-refractivity contribution in [2.24, 2.45) is 0 Å². The first-order valence-electron chi connectivity index (χ1n) is 10.5. The van der Waals surface area contributed by atoms with Crippen molar-refractivity contribution in [3.05, 3.63) is 59.4 Å². The predicted molar refractivity (Wildman–Crippen MR) is 121 cm³/mol. The van der Waals surface area contributed by atoms with Gasteiger partial charge in [-0.1, -0.05) is 36.2 Å². The third kappa shape index (κ3) is 5.86. The first-order chi connectivity index (χ1) is 15.9. The van der Waals surface area contributed by atoms with E-state index in [2.05, 4.69) is 20.7 Å². The minimum Gasteiger partial charge on any atom is -0.485 e. The molecule has 12 heteroatoms. The van der Waals surface area contributed by atoms with Gasteiger partial charge in [0, 0.05) is 18.8 Å². The molecular formula is C21H23ClN6O4S. The number of carbonyl (C=O) groups is 1. The van der Waals surface area contributed by atoms with E-state index >= 15 is 0 Å². The zero-order chi connectivity index (χ0) is 23.3. The number of anilines is 1. The fraction of sp³-hybridized carbons (Fsp3) is 0.333. The van der Waals surface area contributed by atoms with Crippen LogP contribution in [0.2, 0.25) is 5.02 Å². The fourth-order valence-electron chi connectivity index (χ4n) is 3.42. The summed E-state index contributed by atoms with van der Waals surface area (Å²) in [5.41, 5.74) is 0.313. The van der Waals surface area contributed by atoms with E-state index in [1.165, 1.54) is 16.4 Å². The summed E-state index contributed by atoms with van der Waals surface area (Å²) in [7, 11) is -3.74. The van der Waals surface area contributed by atoms with Gasteiger partial charge in [-0.3, -0.25) is 4.79 Å². The Kier molecular flexibility index (Phi) is 7.21. The minimum absolute atomic E-state index is 0.0249. The number of sulfonamides is 1. The molecule has 4 rings (SSSR count). The summed E-state index contributed by atoms with van der Waals surface area (Å²) in [6, 6.07) is 13.6. The highest BCUT2D eigenvalue weighted by Crippen LogP contribution is 2.29. The van der Waals surface area contributed by atoms with Crippen molar-refractivity contribution in [2.45, 2.75) is 37.3 Å². The molecule has 1 aromatic heterocycles. The number of halogens is 1. The molecule has 10 nitrogen and oxygen atoms in total. The molecule has 0 radical (unpaired) electrons. The predicted octanol–water partition coefficient (Wildman–Crippen LogP) is 2.72. The summed E-state index contributed by atoms with van der Waals surface area (Å²) >= 11 is 6.18. The van der Waals surface area contributed by atoms with E-state index in [-0.39, 0.29) is 23.1 Å². The highest BCUT2D eigenvalue weighted by Gasteiger charge is 2.28. The maximum Gasteiger partial charge on any atom is 0.248 e. The number of tetrazole rings is 1. The Balaban J connectivity index is 1.38. The van der Waals surface area contributed by atoms with Crippen molar-refractivity contribution in [3.63, 3.8) is 0 Å². The van der Waals surface area contributed by atoms with Gasteiger partial charge >= 0.3 is 0 Å². The Bertz CT molecular complexity index is 1210. The molecule has 2 heterocycles. The molecule has 1 aliphatic heterocycles. The van der Waals surface area contributed by atoms with Gasteiger partial charge in [0.2, 0.25) is 21.8 Å². The van der Waals surface area contributed by atoms with Crippen molar-refractivity contribution in [2.75, 3.05) is 18.4 Å². The molecule has 1 amide bonds. The van der Waals surface area contributed by atoms with E-state index in [0.29, 0.717) is 30.4 Å². The Morgan fingerprint density at radius 1 is 1.09 bits per heavy atom. The third-order valence-corrected chi connectivity index (χ3v) is 7.42. The number of carbonyl (C=O) groups excluding carboxylic acids is 1. The van der Waals surface area contributed by atoms with E-state index in [1.807, 2.05) is 30.3 Å². The average molecular weight is 491 g/mol. The van der Waals surface area contributed by atoms with Crippen molar-refractivity contribution in [3.8, 4) is 5.75 Å². The molecule has 0 atom stereocenters. The molecule has 0 spiro atoms. The van der Waals surface area contributed by atoms with Crippen LogP contribution in [0.3, 0.4) is 0 Å². The molecular weight excluding hydrogens is 468 g/mol. The van der Waals surface area contributed by atoms with Gasteiger partial charge in [0.1, 0.15) is 17.2 Å². The summed E-state index contributed by atoms with van der Waals surface area (Å²) in [5, 5.41) is 14.6. The summed E-state index contributed by atoms with van der Waals surface area (Å²) in [4.78, 5) is 13.6. The van der Waals surface area contributed by atoms with E-state index in [0.717, 1.165) is 24.1 Å². The topological polar surface area (TPSA) is 119 Å². The number of benzene rings is 2. The van der Waals surface area contributed by atoms with Gasteiger partial charge in [-0.05, 0) is 48.4 Å². The second-order valence-electron chi connectivity index (χ2n) is 7.50. The van der Waals surface area contributed by atoms with E-state index < -0.39 is 15.9 Å². The Labute approximate surface area is 196 Å². The molecule has 33 heavy (non-hydrogen) atoms. The normalized spacial score (nSPS) is 14.7. The van der Waals surface area contributed by atoms with Gasteiger partial charge in [0.15, 0.2) is 6.61 Å². The lowest BCUT2D eigenvalue weighted by atomic mass is 10.2. The molecule has 0 unspecified atom stereocenters. The van der Waals surface area contributed by atoms with Crippen molar-refractivity contribution >= 4 is 33.2 Å². The number of piperidine rings is 1. The zero-order valence-electron chi connectivity index (χ0n) is 17.7. The van der Waals surface area contributed by atoms with Crippen LogP contribution in [0.25, 0.3) is 0 Å². The van der Waals surface area contributed by atoms with Crippen LogP contribution in [-0.4, -0.2) is 51.9 Å². The van der Waals surface area contributed by atoms with Gasteiger partial charge in [-0.2, -0.15) is 9.10 Å². The summed E-state index contributed by atoms with van der Waals surface area (Å²) in [6.07, 6.45) is 2.64. The second kappa shape index (κ2) is 10.3. The number of aromatic nitrogens is 4. The van der Waals surface area contributed by atoms with Gasteiger partial charge in [0.05, 0.1) is 5.02 Å². The largest absolute Gasteiger partial charge is 0.485 e. The van der Waals surface area contributed by atoms with Crippen LogP contribution in [0.15, 0.2) is 53.4 Å². The van der Waals surface area contributed by atoms with Gasteiger partial charge in [-0.25, -0.2) is 8.42 Å². The molecule has 3 aromatic rings. The number of para-hydroxylation sites is 1. The quantitative estimate of drug-likeness (QED) is 0.515. The highest BCUT2D eigenvalue weighted by molar-refractivity contribution is 7.89. The summed E-state index contributed by atoms with van der Waals surface area (Å²) < 4.78 is 33.0. The van der Waals surface area contributed by atoms with Crippen molar-refractivity contribution in [1.29, 1.82) is 0 Å². The number of nitrogens with one attached hydrogen (secondary N) is 1. The number of amides is 1. The molecule has 0 bridgehead atoms. The van der Waals surface area contributed by atoms with Crippen LogP contribution in [0.4, 0.5) is 5.69 Å². The van der Waals surface area contributed by atoms with Crippen LogP contribution in [0.5, 0.6) is 5.75 Å². The number of hydrogen-bond donors (Lipinski definition) is 1. The number of nitrogens with zero attached hydrogens (tertiary/aromatic N) is 5.